The summed E-state index contributed by atoms with van der Waals surface area (Å²) in [5.74, 6) is -0.299. The molecule has 3 N–H and O–H groups in total. The topological polar surface area (TPSA) is 149 Å². The number of halogens is 1. The van der Waals surface area contributed by atoms with E-state index in [4.69, 9.17) is 16.3 Å². The molecular formula is C42H48ClN7O6S. The van der Waals surface area contributed by atoms with Crippen molar-refractivity contribution in [2.75, 3.05) is 56.5 Å². The first-order chi connectivity index (χ1) is 27.2. The van der Waals surface area contributed by atoms with Gasteiger partial charge in [-0.15, -0.1) is 0 Å². The highest BCUT2D eigenvalue weighted by Gasteiger charge is 2.31. The van der Waals surface area contributed by atoms with Crippen molar-refractivity contribution in [3.8, 4) is 5.75 Å². The van der Waals surface area contributed by atoms with E-state index in [9.17, 15) is 23.3 Å². The second kappa shape index (κ2) is 16.3. The molecule has 0 aromatic heterocycles. The van der Waals surface area contributed by atoms with Crippen molar-refractivity contribution in [2.45, 2.75) is 51.1 Å². The van der Waals surface area contributed by atoms with E-state index >= 15 is 0 Å². The van der Waals surface area contributed by atoms with Crippen LogP contribution in [0.1, 0.15) is 56.0 Å². The van der Waals surface area contributed by atoms with Gasteiger partial charge in [0.15, 0.2) is 0 Å². The van der Waals surface area contributed by atoms with Gasteiger partial charge in [0.05, 0.1) is 15.4 Å². The molecule has 0 saturated carbocycles. The summed E-state index contributed by atoms with van der Waals surface area (Å²) in [5.41, 5.74) is 5.90. The predicted molar refractivity (Wildman–Crippen MR) is 224 cm³/mol. The minimum Gasteiger partial charge on any atom is -0.455 e. The Kier molecular flexibility index (Phi) is 11.4. The number of amides is 1. The zero-order valence-corrected chi connectivity index (χ0v) is 34.1. The Bertz CT molecular complexity index is 2300. The van der Waals surface area contributed by atoms with Gasteiger partial charge in [0, 0.05) is 75.4 Å². The van der Waals surface area contributed by atoms with Gasteiger partial charge in [-0.1, -0.05) is 43.2 Å². The lowest BCUT2D eigenvalue weighted by Crippen LogP contribution is -2.47. The molecule has 0 radical (unpaired) electrons. The summed E-state index contributed by atoms with van der Waals surface area (Å²) in [4.78, 5) is 31.2. The van der Waals surface area contributed by atoms with Crippen LogP contribution in [0.15, 0.2) is 107 Å². The molecule has 3 aromatic carbocycles. The zero-order valence-electron chi connectivity index (χ0n) is 32.5. The van der Waals surface area contributed by atoms with Crippen molar-refractivity contribution < 1.29 is 22.9 Å². The molecule has 1 saturated heterocycles. The lowest BCUT2D eigenvalue weighted by Gasteiger charge is -2.39. The summed E-state index contributed by atoms with van der Waals surface area (Å²) in [6, 6.07) is 16.8. The highest BCUT2D eigenvalue weighted by atomic mass is 35.5. The number of sulfonamides is 1. The Balaban J connectivity index is 1.12. The van der Waals surface area contributed by atoms with E-state index in [2.05, 4.69) is 51.1 Å². The van der Waals surface area contributed by atoms with Crippen molar-refractivity contribution in [1.29, 1.82) is 0 Å². The molecule has 13 nitrogen and oxygen atoms in total. The molecule has 1 atom stereocenters. The van der Waals surface area contributed by atoms with Gasteiger partial charge in [-0.2, -0.15) is 0 Å². The number of nitrogens with zero attached hydrogens (tertiary/aromatic N) is 4. The third-order valence-electron chi connectivity index (χ3n) is 10.9. The van der Waals surface area contributed by atoms with Gasteiger partial charge < -0.3 is 25.2 Å². The van der Waals surface area contributed by atoms with Gasteiger partial charge in [-0.25, -0.2) is 13.1 Å². The maximum atomic E-state index is 13.8. The van der Waals surface area contributed by atoms with Gasteiger partial charge in [0.25, 0.3) is 21.6 Å². The molecule has 57 heavy (non-hydrogen) atoms. The minimum atomic E-state index is -4.51. The van der Waals surface area contributed by atoms with E-state index in [1.54, 1.807) is 25.1 Å². The smallest absolute Gasteiger partial charge is 0.293 e. The molecule has 1 amide bonds. The standard InChI is InChI=1S/C42H48ClN7O6S/c1-5-44-37-13-11-34(24-38(37)50(52)53)57(54,55)46-41(51)35-12-10-32(23-39(35)56-33-22-29-15-17-45-40(29)47(4)27-33)49-20-18-48(19-21-49)26-30-14-16-42(2,3)25-36(30)28-6-8-31(43)9-7-28/h6-13,15,17,22-24,27,40,44-45H,5,14,16,18-21,25-26H2,1-4H3,(H,46,51). The van der Waals surface area contributed by atoms with Crippen molar-refractivity contribution in [2.24, 2.45) is 5.41 Å². The van der Waals surface area contributed by atoms with Crippen molar-refractivity contribution in [3.63, 3.8) is 0 Å². The normalized spacial score (nSPS) is 19.4. The van der Waals surface area contributed by atoms with Gasteiger partial charge >= 0.3 is 0 Å². The number of ether oxygens (including phenoxy) is 1. The Labute approximate surface area is 338 Å². The van der Waals surface area contributed by atoms with Crippen LogP contribution in [0.25, 0.3) is 5.57 Å². The third-order valence-corrected chi connectivity index (χ3v) is 12.5. The van der Waals surface area contributed by atoms with Crippen LogP contribution in [-0.2, 0) is 10.0 Å². The fourth-order valence-corrected chi connectivity index (χ4v) is 8.96. The molecule has 7 rings (SSSR count). The van der Waals surface area contributed by atoms with E-state index < -0.39 is 31.4 Å². The summed E-state index contributed by atoms with van der Waals surface area (Å²) in [7, 11) is -2.61. The second-order valence-electron chi connectivity index (χ2n) is 15.6. The molecule has 300 valence electrons. The SMILES string of the molecule is CCNc1ccc(S(=O)(=O)NC(=O)c2ccc(N3CCN(CC4=C(c5ccc(Cl)cc5)CC(C)(C)CC4)CC3)cc2OC2=CN(C)C3NC=CC3=C2)cc1[N+](=O)[O-]. The summed E-state index contributed by atoms with van der Waals surface area (Å²) in [6.07, 6.45) is 10.6. The Morgan fingerprint density at radius 1 is 1.07 bits per heavy atom. The number of carbonyl (C=O) groups is 1. The third kappa shape index (κ3) is 8.98. The van der Waals surface area contributed by atoms with Crippen molar-refractivity contribution >= 4 is 50.2 Å². The van der Waals surface area contributed by atoms with E-state index in [0.29, 0.717) is 12.3 Å². The van der Waals surface area contributed by atoms with Crippen LogP contribution >= 0.6 is 11.6 Å². The number of nitro benzene ring substituents is 1. The number of benzene rings is 3. The fourth-order valence-electron chi connectivity index (χ4n) is 7.85. The summed E-state index contributed by atoms with van der Waals surface area (Å²) >= 11 is 6.23. The molecule has 4 aliphatic rings. The maximum absolute atomic E-state index is 13.8. The van der Waals surface area contributed by atoms with Crippen LogP contribution in [0.4, 0.5) is 17.1 Å². The minimum absolute atomic E-state index is 0.00853. The van der Waals surface area contributed by atoms with E-state index in [1.165, 1.54) is 28.8 Å². The fraction of sp³-hybridized carbons (Fsp3) is 0.357. The van der Waals surface area contributed by atoms with Crippen LogP contribution in [0, 0.1) is 15.5 Å². The number of hydrogen-bond acceptors (Lipinski definition) is 11. The highest BCUT2D eigenvalue weighted by Crippen LogP contribution is 2.43. The van der Waals surface area contributed by atoms with Crippen LogP contribution in [0.3, 0.4) is 0 Å². The zero-order chi connectivity index (χ0) is 40.5. The van der Waals surface area contributed by atoms with E-state index in [1.807, 2.05) is 48.6 Å². The molecule has 0 spiro atoms. The van der Waals surface area contributed by atoms with Gasteiger partial charge in [0.1, 0.15) is 23.4 Å². The molecule has 1 aliphatic carbocycles. The first-order valence-corrected chi connectivity index (χ1v) is 21.0. The molecule has 3 aliphatic heterocycles. The number of carbonyl (C=O) groups excluding carboxylic acids is 1. The van der Waals surface area contributed by atoms with Crippen molar-refractivity contribution in [1.82, 2.24) is 19.8 Å². The Hall–Kier alpha value is -5.31. The number of fused-ring (bicyclic) bond motifs is 1. The van der Waals surface area contributed by atoms with Crippen LogP contribution in [0.5, 0.6) is 5.75 Å². The van der Waals surface area contributed by atoms with Crippen LogP contribution < -0.4 is 25.0 Å². The first-order valence-electron chi connectivity index (χ1n) is 19.1. The number of allylic oxidation sites excluding steroid dienone is 2. The summed E-state index contributed by atoms with van der Waals surface area (Å²) in [5, 5.41) is 18.6. The number of hydrogen-bond donors (Lipinski definition) is 3. The van der Waals surface area contributed by atoms with E-state index in [-0.39, 0.29) is 28.6 Å². The number of nitro groups is 1. The molecule has 3 aromatic rings. The van der Waals surface area contributed by atoms with Gasteiger partial charge in [-0.3, -0.25) is 19.8 Å². The average molecular weight is 814 g/mol. The lowest BCUT2D eigenvalue weighted by atomic mass is 9.72. The number of anilines is 2. The molecule has 3 heterocycles. The maximum Gasteiger partial charge on any atom is 0.293 e. The van der Waals surface area contributed by atoms with Crippen molar-refractivity contribution in [3.05, 3.63) is 128 Å². The molecule has 1 fully saturated rings. The molecule has 15 heteroatoms. The average Bonchev–Trinajstić information content (AvgIpc) is 3.65. The largest absolute Gasteiger partial charge is 0.455 e. The quantitative estimate of drug-likeness (QED) is 0.127. The summed E-state index contributed by atoms with van der Waals surface area (Å²) in [6.45, 7) is 10.9. The Morgan fingerprint density at radius 3 is 2.54 bits per heavy atom. The number of piperazine rings is 1. The molecular weight excluding hydrogens is 766 g/mol. The first kappa shape index (κ1) is 39.9. The molecule has 1 unspecified atom stereocenters. The second-order valence-corrected chi connectivity index (χ2v) is 17.7. The van der Waals surface area contributed by atoms with Gasteiger partial charge in [0.2, 0.25) is 0 Å². The highest BCUT2D eigenvalue weighted by molar-refractivity contribution is 7.90. The lowest BCUT2D eigenvalue weighted by molar-refractivity contribution is -0.384. The number of rotatable bonds is 12. The van der Waals surface area contributed by atoms with Gasteiger partial charge in [-0.05, 0) is 103 Å². The number of nitrogens with one attached hydrogen (secondary N) is 3. The van der Waals surface area contributed by atoms with Crippen LogP contribution in [-0.4, -0.2) is 81.5 Å². The van der Waals surface area contributed by atoms with E-state index in [0.717, 1.165) is 74.3 Å². The summed E-state index contributed by atoms with van der Waals surface area (Å²) < 4.78 is 35.5. The number of likely N-dealkylation sites (N-methyl/N-ethyl adjacent to an activating group) is 1. The predicted octanol–water partition coefficient (Wildman–Crippen LogP) is 7.12. The Morgan fingerprint density at radius 2 is 1.82 bits per heavy atom. The molecule has 0 bridgehead atoms. The monoisotopic (exact) mass is 813 g/mol. The van der Waals surface area contributed by atoms with Crippen LogP contribution in [0.2, 0.25) is 5.02 Å².